The number of rotatable bonds is 5. The molecule has 0 aromatic heterocycles. The highest BCUT2D eigenvalue weighted by molar-refractivity contribution is 6.39. The van der Waals surface area contributed by atoms with E-state index in [9.17, 15) is 4.39 Å². The molecule has 0 heterocycles. The molecule has 1 N–H and O–H groups in total. The molecule has 0 amide bonds. The van der Waals surface area contributed by atoms with Gasteiger partial charge in [-0.15, -0.1) is 0 Å². The molecule has 0 spiro atoms. The SMILES string of the molecule is CCOc1ccccc1CNc1c(Cl)cc(F)cc1Cl. The molecule has 0 fully saturated rings. The second-order valence-corrected chi connectivity index (χ2v) is 4.95. The van der Waals surface area contributed by atoms with Gasteiger partial charge in [0.05, 0.1) is 22.3 Å². The van der Waals surface area contributed by atoms with Crippen molar-refractivity contribution in [2.24, 2.45) is 0 Å². The fourth-order valence-corrected chi connectivity index (χ4v) is 2.43. The number of nitrogens with one attached hydrogen (secondary N) is 1. The average molecular weight is 314 g/mol. The Morgan fingerprint density at radius 2 is 1.80 bits per heavy atom. The molecule has 0 bridgehead atoms. The molecule has 20 heavy (non-hydrogen) atoms. The first-order valence-electron chi connectivity index (χ1n) is 6.21. The minimum atomic E-state index is -0.458. The lowest BCUT2D eigenvalue weighted by atomic mass is 10.2. The summed E-state index contributed by atoms with van der Waals surface area (Å²) >= 11 is 12.0. The summed E-state index contributed by atoms with van der Waals surface area (Å²) in [4.78, 5) is 0. The molecular weight excluding hydrogens is 300 g/mol. The highest BCUT2D eigenvalue weighted by Crippen LogP contribution is 2.32. The molecule has 0 aliphatic carbocycles. The van der Waals surface area contributed by atoms with Crippen LogP contribution < -0.4 is 10.1 Å². The van der Waals surface area contributed by atoms with Crippen LogP contribution in [0.2, 0.25) is 10.0 Å². The molecule has 2 rings (SSSR count). The molecule has 0 atom stereocenters. The van der Waals surface area contributed by atoms with Crippen LogP contribution in [0.1, 0.15) is 12.5 Å². The van der Waals surface area contributed by atoms with E-state index in [2.05, 4.69) is 5.32 Å². The largest absolute Gasteiger partial charge is 0.494 e. The Morgan fingerprint density at radius 3 is 2.45 bits per heavy atom. The smallest absolute Gasteiger partial charge is 0.126 e. The second kappa shape index (κ2) is 6.82. The van der Waals surface area contributed by atoms with Crippen LogP contribution in [-0.2, 0) is 6.54 Å². The van der Waals surface area contributed by atoms with Crippen LogP contribution in [0, 0.1) is 5.82 Å². The Balaban J connectivity index is 2.17. The first-order chi connectivity index (χ1) is 9.61. The van der Waals surface area contributed by atoms with Gasteiger partial charge in [0.25, 0.3) is 0 Å². The summed E-state index contributed by atoms with van der Waals surface area (Å²) < 4.78 is 18.7. The Morgan fingerprint density at radius 1 is 1.15 bits per heavy atom. The summed E-state index contributed by atoms with van der Waals surface area (Å²) in [5.41, 5.74) is 1.49. The zero-order valence-electron chi connectivity index (χ0n) is 10.9. The van der Waals surface area contributed by atoms with Crippen molar-refractivity contribution >= 4 is 28.9 Å². The zero-order chi connectivity index (χ0) is 14.5. The van der Waals surface area contributed by atoms with E-state index in [1.54, 1.807) is 0 Å². The topological polar surface area (TPSA) is 21.3 Å². The van der Waals surface area contributed by atoms with E-state index in [-0.39, 0.29) is 10.0 Å². The second-order valence-electron chi connectivity index (χ2n) is 4.14. The van der Waals surface area contributed by atoms with E-state index in [1.807, 2.05) is 31.2 Å². The van der Waals surface area contributed by atoms with Gasteiger partial charge in [-0.1, -0.05) is 41.4 Å². The van der Waals surface area contributed by atoms with Crippen LogP contribution in [0.15, 0.2) is 36.4 Å². The van der Waals surface area contributed by atoms with E-state index < -0.39 is 5.82 Å². The van der Waals surface area contributed by atoms with Gasteiger partial charge in [0.15, 0.2) is 0 Å². The Bertz CT molecular complexity index is 581. The minimum Gasteiger partial charge on any atom is -0.494 e. The molecule has 0 aliphatic heterocycles. The van der Waals surface area contributed by atoms with Crippen molar-refractivity contribution < 1.29 is 9.13 Å². The summed E-state index contributed by atoms with van der Waals surface area (Å²) in [5.74, 6) is 0.345. The summed E-state index contributed by atoms with van der Waals surface area (Å²) in [5, 5.41) is 3.62. The van der Waals surface area contributed by atoms with Crippen LogP contribution in [0.5, 0.6) is 5.75 Å². The van der Waals surface area contributed by atoms with Crippen molar-refractivity contribution in [3.63, 3.8) is 0 Å². The van der Waals surface area contributed by atoms with Crippen molar-refractivity contribution in [2.45, 2.75) is 13.5 Å². The molecule has 2 nitrogen and oxygen atoms in total. The Hall–Kier alpha value is -1.45. The third kappa shape index (κ3) is 3.56. The standard InChI is InChI=1S/C15H14Cl2FNO/c1-2-20-14-6-4-3-5-10(14)9-19-15-12(16)7-11(18)8-13(15)17/h3-8,19H,2,9H2,1H3. The normalized spacial score (nSPS) is 10.4. The number of anilines is 1. The van der Waals surface area contributed by atoms with E-state index >= 15 is 0 Å². The number of hydrogen-bond donors (Lipinski definition) is 1. The average Bonchev–Trinajstić information content (AvgIpc) is 2.39. The fraction of sp³-hybridized carbons (Fsp3) is 0.200. The molecule has 0 saturated carbocycles. The fourth-order valence-electron chi connectivity index (χ4n) is 1.84. The third-order valence-electron chi connectivity index (χ3n) is 2.73. The minimum absolute atomic E-state index is 0.254. The highest BCUT2D eigenvalue weighted by Gasteiger charge is 2.09. The Kier molecular flexibility index (Phi) is 5.10. The van der Waals surface area contributed by atoms with Crippen molar-refractivity contribution in [1.82, 2.24) is 0 Å². The monoisotopic (exact) mass is 313 g/mol. The predicted molar refractivity (Wildman–Crippen MR) is 81.4 cm³/mol. The Labute approximate surface area is 127 Å². The summed E-state index contributed by atoms with van der Waals surface area (Å²) in [7, 11) is 0. The van der Waals surface area contributed by atoms with Crippen LogP contribution in [-0.4, -0.2) is 6.61 Å². The maximum absolute atomic E-state index is 13.1. The van der Waals surface area contributed by atoms with Gasteiger partial charge >= 0.3 is 0 Å². The van der Waals surface area contributed by atoms with Crippen LogP contribution in [0.3, 0.4) is 0 Å². The van der Waals surface area contributed by atoms with Crippen LogP contribution in [0.4, 0.5) is 10.1 Å². The molecule has 106 valence electrons. The van der Waals surface area contributed by atoms with Gasteiger partial charge in [-0.25, -0.2) is 4.39 Å². The molecule has 0 radical (unpaired) electrons. The van der Waals surface area contributed by atoms with E-state index in [0.29, 0.717) is 18.8 Å². The lowest BCUT2D eigenvalue weighted by Crippen LogP contribution is -2.04. The first-order valence-corrected chi connectivity index (χ1v) is 6.96. The van der Waals surface area contributed by atoms with Gasteiger partial charge in [0, 0.05) is 12.1 Å². The maximum Gasteiger partial charge on any atom is 0.126 e. The lowest BCUT2D eigenvalue weighted by Gasteiger charge is -2.13. The predicted octanol–water partition coefficient (Wildman–Crippen LogP) is 5.14. The number of halogens is 3. The van der Waals surface area contributed by atoms with Crippen molar-refractivity contribution in [3.05, 3.63) is 57.8 Å². The summed E-state index contributed by atoms with van der Waals surface area (Å²) in [6.07, 6.45) is 0. The van der Waals surface area contributed by atoms with Crippen LogP contribution >= 0.6 is 23.2 Å². The summed E-state index contributed by atoms with van der Waals surface area (Å²) in [6.45, 7) is 3.01. The van der Waals surface area contributed by atoms with E-state index in [1.165, 1.54) is 12.1 Å². The molecule has 0 unspecified atom stereocenters. The van der Waals surface area contributed by atoms with Gasteiger partial charge in [-0.3, -0.25) is 0 Å². The molecular formula is C15H14Cl2FNO. The highest BCUT2D eigenvalue weighted by atomic mass is 35.5. The van der Waals surface area contributed by atoms with Gasteiger partial charge in [-0.2, -0.15) is 0 Å². The quantitative estimate of drug-likeness (QED) is 0.824. The number of ether oxygens (including phenoxy) is 1. The maximum atomic E-state index is 13.1. The van der Waals surface area contributed by atoms with E-state index in [4.69, 9.17) is 27.9 Å². The number of para-hydroxylation sites is 1. The molecule has 0 saturated heterocycles. The first kappa shape index (κ1) is 14.9. The van der Waals surface area contributed by atoms with Crippen molar-refractivity contribution in [3.8, 4) is 5.75 Å². The van der Waals surface area contributed by atoms with Crippen LogP contribution in [0.25, 0.3) is 0 Å². The number of benzene rings is 2. The zero-order valence-corrected chi connectivity index (χ0v) is 12.4. The van der Waals surface area contributed by atoms with Gasteiger partial charge < -0.3 is 10.1 Å². The lowest BCUT2D eigenvalue weighted by molar-refractivity contribution is 0.337. The molecule has 2 aromatic rings. The van der Waals surface area contributed by atoms with Crippen molar-refractivity contribution in [1.29, 1.82) is 0 Å². The van der Waals surface area contributed by atoms with Gasteiger partial charge in [-0.05, 0) is 25.1 Å². The third-order valence-corrected chi connectivity index (χ3v) is 3.33. The van der Waals surface area contributed by atoms with E-state index in [0.717, 1.165) is 11.3 Å². The molecule has 2 aromatic carbocycles. The molecule has 0 aliphatic rings. The summed E-state index contributed by atoms with van der Waals surface area (Å²) in [6, 6.07) is 10.1. The van der Waals surface area contributed by atoms with Gasteiger partial charge in [0.2, 0.25) is 0 Å². The number of hydrogen-bond acceptors (Lipinski definition) is 2. The molecule has 5 heteroatoms. The van der Waals surface area contributed by atoms with Gasteiger partial charge in [0.1, 0.15) is 11.6 Å². The van der Waals surface area contributed by atoms with Crippen molar-refractivity contribution in [2.75, 3.05) is 11.9 Å².